The van der Waals surface area contributed by atoms with Gasteiger partial charge in [-0.15, -0.1) is 22.7 Å². The molecule has 2 atom stereocenters. The Morgan fingerprint density at radius 2 is 1.87 bits per heavy atom. The number of nitrogens with two attached hydrogens (primary N) is 1. The van der Waals surface area contributed by atoms with Gasteiger partial charge in [-0.3, -0.25) is 4.79 Å². The molecule has 31 heavy (non-hydrogen) atoms. The molecule has 0 saturated carbocycles. The molecule has 0 spiro atoms. The van der Waals surface area contributed by atoms with Crippen LogP contribution in [0.2, 0.25) is 0 Å². The Hall–Kier alpha value is -1.97. The fourth-order valence-corrected chi connectivity index (χ4v) is 6.72. The topological polar surface area (TPSA) is 67.9 Å². The maximum absolute atomic E-state index is 14.1. The van der Waals surface area contributed by atoms with Crippen LogP contribution >= 0.6 is 34.4 Å². The van der Waals surface area contributed by atoms with E-state index in [1.165, 1.54) is 11.3 Å². The van der Waals surface area contributed by atoms with Gasteiger partial charge in [0.15, 0.2) is 5.60 Å². The van der Waals surface area contributed by atoms with Gasteiger partial charge in [-0.1, -0.05) is 54.2 Å². The Labute approximate surface area is 194 Å². The molecule has 3 aromatic rings. The quantitative estimate of drug-likeness (QED) is 0.490. The molecule has 0 saturated heterocycles. The van der Waals surface area contributed by atoms with Crippen molar-refractivity contribution in [3.8, 4) is 0 Å². The van der Waals surface area contributed by atoms with Crippen LogP contribution < -0.4 is 5.73 Å². The molecule has 0 aliphatic carbocycles. The predicted octanol–water partition coefficient (Wildman–Crippen LogP) is 5.20. The van der Waals surface area contributed by atoms with E-state index in [9.17, 15) is 4.79 Å². The number of benzene rings is 1. The summed E-state index contributed by atoms with van der Waals surface area (Å²) < 4.78 is 5.83. The monoisotopic (exact) mass is 471 g/mol. The van der Waals surface area contributed by atoms with Crippen molar-refractivity contribution in [2.75, 3.05) is 13.7 Å². The van der Waals surface area contributed by atoms with Gasteiger partial charge in [0.25, 0.3) is 5.91 Å². The third-order valence-corrected chi connectivity index (χ3v) is 9.00. The van der Waals surface area contributed by atoms with Crippen molar-refractivity contribution >= 4 is 45.4 Å². The second kappa shape index (κ2) is 9.26. The van der Waals surface area contributed by atoms with Gasteiger partial charge in [0, 0.05) is 12.0 Å². The fraction of sp³-hybridized carbons (Fsp3) is 0.304. The molecule has 5 nitrogen and oxygen atoms in total. The van der Waals surface area contributed by atoms with Gasteiger partial charge in [0.1, 0.15) is 9.91 Å². The van der Waals surface area contributed by atoms with Crippen LogP contribution in [0.15, 0.2) is 70.5 Å². The standard InChI is InChI=1S/C23H25N3O2S3/c1-22(28-2,19-12-7-16-30-19)21(27)26-23(13-8-14-24,17-9-4-3-5-10-17)31-20(25-26)18-11-6-15-29-18/h3-7,9-12,15-16H,8,13-14,24H2,1-2H3/t22-,23?/m1/s1. The second-order valence-electron chi connectivity index (χ2n) is 7.36. The summed E-state index contributed by atoms with van der Waals surface area (Å²) in [5.74, 6) is -0.183. The Kier molecular flexibility index (Phi) is 6.64. The summed E-state index contributed by atoms with van der Waals surface area (Å²) in [5, 5.41) is 11.4. The minimum atomic E-state index is -1.13. The number of hydrogen-bond donors (Lipinski definition) is 1. The first-order chi connectivity index (χ1) is 15.0. The Morgan fingerprint density at radius 1 is 1.13 bits per heavy atom. The lowest BCUT2D eigenvalue weighted by Gasteiger charge is -2.39. The van der Waals surface area contributed by atoms with Crippen molar-refractivity contribution in [1.29, 1.82) is 0 Å². The summed E-state index contributed by atoms with van der Waals surface area (Å²) >= 11 is 4.76. The van der Waals surface area contributed by atoms with Crippen molar-refractivity contribution in [2.45, 2.75) is 30.2 Å². The minimum absolute atomic E-state index is 0.183. The minimum Gasteiger partial charge on any atom is -0.363 e. The van der Waals surface area contributed by atoms with Crippen LogP contribution in [-0.2, 0) is 20.0 Å². The molecule has 2 aromatic heterocycles. The average Bonchev–Trinajstić information content (AvgIpc) is 3.58. The zero-order valence-corrected chi connectivity index (χ0v) is 19.9. The third kappa shape index (κ3) is 3.99. The predicted molar refractivity (Wildman–Crippen MR) is 130 cm³/mol. The van der Waals surface area contributed by atoms with Gasteiger partial charge >= 0.3 is 0 Å². The summed E-state index contributed by atoms with van der Waals surface area (Å²) in [6, 6.07) is 18.0. The molecular weight excluding hydrogens is 446 g/mol. The van der Waals surface area contributed by atoms with Crippen molar-refractivity contribution in [3.05, 3.63) is 80.7 Å². The van der Waals surface area contributed by atoms with E-state index < -0.39 is 10.5 Å². The van der Waals surface area contributed by atoms with Crippen molar-refractivity contribution in [1.82, 2.24) is 5.01 Å². The molecule has 1 unspecified atom stereocenters. The number of carbonyl (C=O) groups excluding carboxylic acids is 1. The number of amides is 1. The van der Waals surface area contributed by atoms with E-state index in [0.717, 1.165) is 26.8 Å². The highest BCUT2D eigenvalue weighted by Gasteiger charge is 2.53. The van der Waals surface area contributed by atoms with E-state index >= 15 is 0 Å². The molecule has 0 bridgehead atoms. The van der Waals surface area contributed by atoms with Gasteiger partial charge in [0.05, 0.1) is 4.88 Å². The van der Waals surface area contributed by atoms with Gasteiger partial charge in [0.2, 0.25) is 0 Å². The van der Waals surface area contributed by atoms with Gasteiger partial charge < -0.3 is 10.5 Å². The molecule has 1 aliphatic rings. The van der Waals surface area contributed by atoms with E-state index in [-0.39, 0.29) is 5.91 Å². The smallest absolute Gasteiger partial charge is 0.281 e. The second-order valence-corrected chi connectivity index (χ2v) is 10.5. The highest BCUT2D eigenvalue weighted by atomic mass is 32.2. The van der Waals surface area contributed by atoms with Crippen LogP contribution in [0.3, 0.4) is 0 Å². The molecule has 1 aromatic carbocycles. The highest BCUT2D eigenvalue weighted by Crippen LogP contribution is 2.52. The number of ether oxygens (including phenoxy) is 1. The Balaban J connectivity index is 1.86. The van der Waals surface area contributed by atoms with E-state index in [2.05, 4.69) is 12.1 Å². The maximum atomic E-state index is 14.1. The van der Waals surface area contributed by atoms with E-state index in [0.29, 0.717) is 13.0 Å². The number of thiophene rings is 2. The van der Waals surface area contributed by atoms with Crippen LogP contribution in [0.25, 0.3) is 0 Å². The molecule has 162 valence electrons. The number of rotatable bonds is 8. The SMILES string of the molecule is CO[C@@](C)(C(=O)N1N=C(c2cccs2)SC1(CCCN)c1ccccc1)c1cccs1. The molecule has 1 amide bonds. The van der Waals surface area contributed by atoms with Gasteiger partial charge in [-0.2, -0.15) is 5.10 Å². The molecule has 0 fully saturated rings. The normalized spacial score (nSPS) is 20.5. The lowest BCUT2D eigenvalue weighted by molar-refractivity contribution is -0.158. The lowest BCUT2D eigenvalue weighted by atomic mass is 9.96. The zero-order valence-electron chi connectivity index (χ0n) is 17.5. The number of carbonyl (C=O) groups is 1. The fourth-order valence-electron chi connectivity index (χ4n) is 3.67. The van der Waals surface area contributed by atoms with Crippen LogP contribution in [0, 0.1) is 0 Å². The van der Waals surface area contributed by atoms with Gasteiger partial charge in [-0.25, -0.2) is 5.01 Å². The third-order valence-electron chi connectivity index (χ3n) is 5.48. The number of hydrogen-bond acceptors (Lipinski definition) is 7. The lowest BCUT2D eigenvalue weighted by Crippen LogP contribution is -2.50. The summed E-state index contributed by atoms with van der Waals surface area (Å²) in [6.45, 7) is 2.36. The number of hydrazone groups is 1. The summed E-state index contributed by atoms with van der Waals surface area (Å²) in [4.78, 5) is 15.3. The van der Waals surface area contributed by atoms with E-state index in [1.807, 2.05) is 60.1 Å². The molecular formula is C23H25N3O2S3. The van der Waals surface area contributed by atoms with Crippen LogP contribution in [-0.4, -0.2) is 29.6 Å². The number of nitrogens with zero attached hydrogens (tertiary/aromatic N) is 2. The molecule has 0 radical (unpaired) electrons. The molecule has 3 heterocycles. The van der Waals surface area contributed by atoms with Crippen LogP contribution in [0.5, 0.6) is 0 Å². The van der Waals surface area contributed by atoms with Crippen LogP contribution in [0.4, 0.5) is 0 Å². The first-order valence-electron chi connectivity index (χ1n) is 10.1. The van der Waals surface area contributed by atoms with Gasteiger partial charge in [-0.05, 0) is 54.8 Å². The first kappa shape index (κ1) is 22.2. The molecule has 1 aliphatic heterocycles. The summed E-state index contributed by atoms with van der Waals surface area (Å²) in [6.07, 6.45) is 1.45. The maximum Gasteiger partial charge on any atom is 0.281 e. The van der Waals surface area contributed by atoms with Crippen molar-refractivity contribution in [3.63, 3.8) is 0 Å². The summed E-state index contributed by atoms with van der Waals surface area (Å²) in [5.41, 5.74) is 5.81. The van der Waals surface area contributed by atoms with Crippen LogP contribution in [0.1, 0.15) is 35.1 Å². The Morgan fingerprint density at radius 3 is 2.48 bits per heavy atom. The largest absolute Gasteiger partial charge is 0.363 e. The molecule has 2 N–H and O–H groups in total. The summed E-state index contributed by atoms with van der Waals surface area (Å²) in [7, 11) is 1.58. The average molecular weight is 472 g/mol. The zero-order chi connectivity index (χ0) is 21.9. The van der Waals surface area contributed by atoms with E-state index in [4.69, 9.17) is 15.6 Å². The number of thioether (sulfide) groups is 1. The van der Waals surface area contributed by atoms with Crippen molar-refractivity contribution in [2.24, 2.45) is 10.8 Å². The highest BCUT2D eigenvalue weighted by molar-refractivity contribution is 8.15. The molecule has 8 heteroatoms. The van der Waals surface area contributed by atoms with E-state index in [1.54, 1.807) is 35.2 Å². The molecule has 4 rings (SSSR count). The first-order valence-corrected chi connectivity index (χ1v) is 12.6. The Bertz CT molecular complexity index is 1040. The number of methoxy groups -OCH3 is 1. The van der Waals surface area contributed by atoms with Crippen molar-refractivity contribution < 1.29 is 9.53 Å².